The van der Waals surface area contributed by atoms with Crippen molar-refractivity contribution in [1.29, 1.82) is 0 Å². The predicted octanol–water partition coefficient (Wildman–Crippen LogP) is 3.74. The van der Waals surface area contributed by atoms with Gasteiger partial charge >= 0.3 is 5.97 Å². The van der Waals surface area contributed by atoms with Crippen molar-refractivity contribution >= 4 is 28.9 Å². The molecule has 0 saturated carbocycles. The Morgan fingerprint density at radius 3 is 2.57 bits per heavy atom. The summed E-state index contributed by atoms with van der Waals surface area (Å²) in [4.78, 5) is 15.8. The summed E-state index contributed by atoms with van der Waals surface area (Å²) in [6.07, 6.45) is 0.545. The summed E-state index contributed by atoms with van der Waals surface area (Å²) < 4.78 is 10.4. The Bertz CT molecular complexity index is 684. The van der Waals surface area contributed by atoms with Crippen molar-refractivity contribution in [2.45, 2.75) is 13.3 Å². The highest BCUT2D eigenvalue weighted by Gasteiger charge is 2.21. The Kier molecular flexibility index (Phi) is 4.69. The molecule has 0 amide bonds. The average molecular weight is 328 g/mol. The Labute approximate surface area is 131 Å². The van der Waals surface area contributed by atoms with Crippen LogP contribution in [-0.4, -0.2) is 30.3 Å². The van der Waals surface area contributed by atoms with Crippen LogP contribution in [0.1, 0.15) is 22.3 Å². The second kappa shape index (κ2) is 6.32. The van der Waals surface area contributed by atoms with Gasteiger partial charge in [0.15, 0.2) is 11.5 Å². The summed E-state index contributed by atoms with van der Waals surface area (Å²) in [7, 11) is 3.02. The van der Waals surface area contributed by atoms with Crippen LogP contribution < -0.4 is 9.47 Å². The SMILES string of the molecule is CCc1nc(-c2ccc(OC)c(OC)c2Cl)sc1C(=O)O. The lowest BCUT2D eigenvalue weighted by Crippen LogP contribution is -1.97. The molecule has 21 heavy (non-hydrogen) atoms. The van der Waals surface area contributed by atoms with Crippen molar-refractivity contribution in [2.75, 3.05) is 14.2 Å². The number of carbonyl (C=O) groups is 1. The van der Waals surface area contributed by atoms with Crippen molar-refractivity contribution in [2.24, 2.45) is 0 Å². The third-order valence-electron chi connectivity index (χ3n) is 2.94. The second-order valence-corrected chi connectivity index (χ2v) is 5.49. The van der Waals surface area contributed by atoms with Gasteiger partial charge in [0.2, 0.25) is 0 Å². The molecule has 0 aliphatic heterocycles. The second-order valence-electron chi connectivity index (χ2n) is 4.12. The zero-order chi connectivity index (χ0) is 15.6. The van der Waals surface area contributed by atoms with Gasteiger partial charge in [-0.05, 0) is 18.6 Å². The fourth-order valence-electron chi connectivity index (χ4n) is 1.93. The van der Waals surface area contributed by atoms with Gasteiger partial charge < -0.3 is 14.6 Å². The maximum atomic E-state index is 11.2. The zero-order valence-corrected chi connectivity index (χ0v) is 13.3. The molecular weight excluding hydrogens is 314 g/mol. The van der Waals surface area contributed by atoms with E-state index in [4.69, 9.17) is 21.1 Å². The van der Waals surface area contributed by atoms with Crippen molar-refractivity contribution in [3.8, 4) is 22.1 Å². The molecule has 0 unspecified atom stereocenters. The smallest absolute Gasteiger partial charge is 0.347 e. The minimum Gasteiger partial charge on any atom is -0.493 e. The van der Waals surface area contributed by atoms with Crippen molar-refractivity contribution in [1.82, 2.24) is 4.98 Å². The molecule has 0 bridgehead atoms. The lowest BCUT2D eigenvalue weighted by molar-refractivity contribution is 0.0701. The van der Waals surface area contributed by atoms with Gasteiger partial charge in [0, 0.05) is 5.56 Å². The fraction of sp³-hybridized carbons (Fsp3) is 0.286. The van der Waals surface area contributed by atoms with E-state index >= 15 is 0 Å². The van der Waals surface area contributed by atoms with Crippen LogP contribution in [0.2, 0.25) is 5.02 Å². The molecule has 2 rings (SSSR count). The molecule has 0 radical (unpaired) electrons. The van der Waals surface area contributed by atoms with E-state index in [2.05, 4.69) is 4.98 Å². The molecule has 1 heterocycles. The first-order valence-electron chi connectivity index (χ1n) is 6.17. The van der Waals surface area contributed by atoms with Gasteiger partial charge in [0.05, 0.1) is 24.9 Å². The van der Waals surface area contributed by atoms with E-state index in [1.54, 1.807) is 12.1 Å². The summed E-state index contributed by atoms with van der Waals surface area (Å²) in [6.45, 7) is 1.86. The molecule has 0 aliphatic rings. The normalized spacial score (nSPS) is 10.5. The molecule has 112 valence electrons. The van der Waals surface area contributed by atoms with Gasteiger partial charge in [0.25, 0.3) is 0 Å². The first-order chi connectivity index (χ1) is 10.0. The largest absolute Gasteiger partial charge is 0.493 e. The average Bonchev–Trinajstić information content (AvgIpc) is 2.90. The summed E-state index contributed by atoms with van der Waals surface area (Å²) in [5, 5.41) is 10.1. The highest BCUT2D eigenvalue weighted by Crippen LogP contribution is 2.43. The zero-order valence-electron chi connectivity index (χ0n) is 11.8. The van der Waals surface area contributed by atoms with Gasteiger partial charge in [-0.15, -0.1) is 11.3 Å². The molecule has 7 heteroatoms. The lowest BCUT2D eigenvalue weighted by atomic mass is 10.2. The summed E-state index contributed by atoms with van der Waals surface area (Å²) >= 11 is 7.43. The minimum absolute atomic E-state index is 0.235. The molecule has 0 aliphatic carbocycles. The van der Waals surface area contributed by atoms with Crippen molar-refractivity contribution < 1.29 is 19.4 Å². The number of benzene rings is 1. The first kappa shape index (κ1) is 15.6. The van der Waals surface area contributed by atoms with E-state index in [0.717, 1.165) is 11.3 Å². The Balaban J connectivity index is 2.60. The number of hydrogen-bond donors (Lipinski definition) is 1. The van der Waals surface area contributed by atoms with E-state index in [1.165, 1.54) is 14.2 Å². The van der Waals surface area contributed by atoms with Crippen LogP contribution in [0.4, 0.5) is 0 Å². The number of ether oxygens (including phenoxy) is 2. The predicted molar refractivity (Wildman–Crippen MR) is 82.0 cm³/mol. The number of carboxylic acid groups (broad SMARTS) is 1. The number of halogens is 1. The van der Waals surface area contributed by atoms with E-state index in [1.807, 2.05) is 6.92 Å². The third kappa shape index (κ3) is 2.82. The van der Waals surface area contributed by atoms with Crippen LogP contribution in [0.3, 0.4) is 0 Å². The van der Waals surface area contributed by atoms with Crippen molar-refractivity contribution in [3.63, 3.8) is 0 Å². The Morgan fingerprint density at radius 1 is 1.38 bits per heavy atom. The number of aromatic nitrogens is 1. The van der Waals surface area contributed by atoms with Crippen LogP contribution in [0.5, 0.6) is 11.5 Å². The molecule has 0 atom stereocenters. The Morgan fingerprint density at radius 2 is 2.10 bits per heavy atom. The van der Waals surface area contributed by atoms with Gasteiger partial charge in [-0.1, -0.05) is 18.5 Å². The van der Waals surface area contributed by atoms with Crippen LogP contribution >= 0.6 is 22.9 Å². The quantitative estimate of drug-likeness (QED) is 0.906. The van der Waals surface area contributed by atoms with Gasteiger partial charge in [-0.3, -0.25) is 0 Å². The number of aryl methyl sites for hydroxylation is 1. The number of rotatable bonds is 5. The van der Waals surface area contributed by atoms with Gasteiger partial charge in [-0.2, -0.15) is 0 Å². The monoisotopic (exact) mass is 327 g/mol. The van der Waals surface area contributed by atoms with Gasteiger partial charge in [0.1, 0.15) is 9.88 Å². The minimum atomic E-state index is -0.979. The van der Waals surface area contributed by atoms with Crippen molar-refractivity contribution in [3.05, 3.63) is 27.7 Å². The molecule has 1 N–H and O–H groups in total. The number of carboxylic acids is 1. The van der Waals surface area contributed by atoms with E-state index < -0.39 is 5.97 Å². The molecule has 2 aromatic rings. The van der Waals surface area contributed by atoms with Crippen LogP contribution in [-0.2, 0) is 6.42 Å². The number of thiazole rings is 1. The maximum absolute atomic E-state index is 11.2. The molecule has 1 aromatic carbocycles. The highest BCUT2D eigenvalue weighted by molar-refractivity contribution is 7.17. The van der Waals surface area contributed by atoms with E-state index in [0.29, 0.717) is 39.2 Å². The summed E-state index contributed by atoms with van der Waals surface area (Å²) in [5.74, 6) is -0.0639. The molecule has 0 saturated heterocycles. The van der Waals surface area contributed by atoms with Crippen LogP contribution in [0.25, 0.3) is 10.6 Å². The lowest BCUT2D eigenvalue weighted by Gasteiger charge is -2.11. The highest BCUT2D eigenvalue weighted by atomic mass is 35.5. The summed E-state index contributed by atoms with van der Waals surface area (Å²) in [6, 6.07) is 3.46. The Hall–Kier alpha value is -1.79. The van der Waals surface area contributed by atoms with Gasteiger partial charge in [-0.25, -0.2) is 9.78 Å². The topological polar surface area (TPSA) is 68.7 Å². The number of nitrogens with zero attached hydrogens (tertiary/aromatic N) is 1. The molecule has 0 spiro atoms. The fourth-order valence-corrected chi connectivity index (χ4v) is 3.33. The number of hydrogen-bond acceptors (Lipinski definition) is 5. The van der Waals surface area contributed by atoms with Crippen LogP contribution in [0.15, 0.2) is 12.1 Å². The standard InChI is InChI=1S/C14H14ClNO4S/c1-4-8-12(14(17)18)21-13(16-8)7-5-6-9(19-2)11(20-3)10(7)15/h5-6H,4H2,1-3H3,(H,17,18). The maximum Gasteiger partial charge on any atom is 0.347 e. The third-order valence-corrected chi connectivity index (χ3v) is 4.44. The first-order valence-corrected chi connectivity index (χ1v) is 7.36. The van der Waals surface area contributed by atoms with E-state index in [-0.39, 0.29) is 4.88 Å². The molecular formula is C14H14ClNO4S. The molecule has 5 nitrogen and oxygen atoms in total. The number of aromatic carboxylic acids is 1. The molecule has 1 aromatic heterocycles. The molecule has 0 fully saturated rings. The summed E-state index contributed by atoms with van der Waals surface area (Å²) in [5.41, 5.74) is 1.18. The van der Waals surface area contributed by atoms with E-state index in [9.17, 15) is 9.90 Å². The number of methoxy groups -OCH3 is 2. The van der Waals surface area contributed by atoms with Crippen LogP contribution in [0, 0.1) is 0 Å².